The Balaban J connectivity index is 1.89. The van der Waals surface area contributed by atoms with Gasteiger partial charge in [-0.25, -0.2) is 0 Å². The first-order valence-electron chi connectivity index (χ1n) is 7.61. The highest BCUT2D eigenvalue weighted by atomic mass is 16.5. The van der Waals surface area contributed by atoms with E-state index in [0.29, 0.717) is 17.9 Å². The number of carbonyl (C=O) groups excluding carboxylic acids is 1. The lowest BCUT2D eigenvalue weighted by Crippen LogP contribution is -2.17. The lowest BCUT2D eigenvalue weighted by molar-refractivity contribution is 0.0874. The smallest absolute Gasteiger partial charge is 0.258 e. The van der Waals surface area contributed by atoms with Crippen LogP contribution in [0.15, 0.2) is 67.3 Å². The predicted molar refractivity (Wildman–Crippen MR) is 92.4 cm³/mol. The Bertz CT molecular complexity index is 762. The first-order valence-corrected chi connectivity index (χ1v) is 7.61. The fourth-order valence-electron chi connectivity index (χ4n) is 2.71. The molecule has 0 aliphatic carbocycles. The van der Waals surface area contributed by atoms with Gasteiger partial charge in [0.05, 0.1) is 5.56 Å². The van der Waals surface area contributed by atoms with Crippen LogP contribution in [0, 0.1) is 0 Å². The van der Waals surface area contributed by atoms with Gasteiger partial charge in [0.2, 0.25) is 0 Å². The molecule has 0 saturated heterocycles. The first kappa shape index (κ1) is 15.1. The van der Waals surface area contributed by atoms with Gasteiger partial charge in [-0.3, -0.25) is 4.79 Å². The van der Waals surface area contributed by atoms with E-state index < -0.39 is 0 Å². The fraction of sp³-hybridized carbons (Fsp3) is 0.150. The van der Waals surface area contributed by atoms with Crippen molar-refractivity contribution in [3.05, 3.63) is 84.0 Å². The van der Waals surface area contributed by atoms with Crippen LogP contribution in [0.1, 0.15) is 21.5 Å². The zero-order valence-corrected chi connectivity index (χ0v) is 13.2. The van der Waals surface area contributed by atoms with Crippen LogP contribution in [0.5, 0.6) is 5.75 Å². The standard InChI is InChI=1S/C20H19NO2/c1-3-13-23-16-10-11-17-18(14-16)20(22)21(2)19(17)12-9-15-7-5-4-6-8-15/h3-8,10-12,14H,1,9,13H2,2H3/b19-12+. The third kappa shape index (κ3) is 3.04. The number of amides is 1. The lowest BCUT2D eigenvalue weighted by Gasteiger charge is -2.11. The summed E-state index contributed by atoms with van der Waals surface area (Å²) in [6.07, 6.45) is 4.58. The van der Waals surface area contributed by atoms with Crippen molar-refractivity contribution in [1.29, 1.82) is 0 Å². The highest BCUT2D eigenvalue weighted by molar-refractivity contribution is 6.09. The summed E-state index contributed by atoms with van der Waals surface area (Å²) in [5.41, 5.74) is 3.82. The van der Waals surface area contributed by atoms with E-state index >= 15 is 0 Å². The Morgan fingerprint density at radius 3 is 2.65 bits per heavy atom. The fourth-order valence-corrected chi connectivity index (χ4v) is 2.71. The minimum atomic E-state index is 0.00312. The van der Waals surface area contributed by atoms with Crippen LogP contribution in [0.25, 0.3) is 5.70 Å². The molecule has 3 heteroatoms. The molecule has 2 aromatic carbocycles. The molecule has 0 bridgehead atoms. The summed E-state index contributed by atoms with van der Waals surface area (Å²) in [4.78, 5) is 14.2. The van der Waals surface area contributed by atoms with Gasteiger partial charge in [0, 0.05) is 18.3 Å². The van der Waals surface area contributed by atoms with Crippen LogP contribution < -0.4 is 4.74 Å². The predicted octanol–water partition coefficient (Wildman–Crippen LogP) is 3.92. The Labute approximate surface area is 136 Å². The van der Waals surface area contributed by atoms with Crippen molar-refractivity contribution >= 4 is 11.6 Å². The molecule has 116 valence electrons. The van der Waals surface area contributed by atoms with Gasteiger partial charge in [-0.05, 0) is 30.2 Å². The van der Waals surface area contributed by atoms with Crippen LogP contribution >= 0.6 is 0 Å². The van der Waals surface area contributed by atoms with Crippen molar-refractivity contribution in [1.82, 2.24) is 4.90 Å². The largest absolute Gasteiger partial charge is 0.490 e. The first-order chi connectivity index (χ1) is 11.2. The molecule has 3 nitrogen and oxygen atoms in total. The van der Waals surface area contributed by atoms with E-state index in [2.05, 4.69) is 24.8 Å². The van der Waals surface area contributed by atoms with Gasteiger partial charge in [0.25, 0.3) is 5.91 Å². The second-order valence-electron chi connectivity index (χ2n) is 5.45. The number of carbonyl (C=O) groups is 1. The molecule has 1 aliphatic rings. The van der Waals surface area contributed by atoms with Crippen molar-refractivity contribution in [3.63, 3.8) is 0 Å². The Kier molecular flexibility index (Phi) is 4.29. The maximum absolute atomic E-state index is 12.5. The molecule has 0 atom stereocenters. The van der Waals surface area contributed by atoms with E-state index in [1.807, 2.05) is 37.4 Å². The van der Waals surface area contributed by atoms with Gasteiger partial charge < -0.3 is 9.64 Å². The molecule has 0 radical (unpaired) electrons. The molecule has 0 saturated carbocycles. The topological polar surface area (TPSA) is 29.5 Å². The average Bonchev–Trinajstić information content (AvgIpc) is 2.83. The summed E-state index contributed by atoms with van der Waals surface area (Å²) in [6, 6.07) is 15.9. The number of rotatable bonds is 5. The quantitative estimate of drug-likeness (QED) is 0.784. The summed E-state index contributed by atoms with van der Waals surface area (Å²) in [5, 5.41) is 0. The van der Waals surface area contributed by atoms with Crippen molar-refractivity contribution in [2.45, 2.75) is 6.42 Å². The molecular formula is C20H19NO2. The molecule has 0 unspecified atom stereocenters. The molecule has 0 spiro atoms. The van der Waals surface area contributed by atoms with E-state index in [-0.39, 0.29) is 5.91 Å². The number of hydrogen-bond donors (Lipinski definition) is 0. The van der Waals surface area contributed by atoms with Gasteiger partial charge in [0.1, 0.15) is 12.4 Å². The molecule has 23 heavy (non-hydrogen) atoms. The molecular weight excluding hydrogens is 286 g/mol. The summed E-state index contributed by atoms with van der Waals surface area (Å²) in [6.45, 7) is 4.06. The third-order valence-corrected chi connectivity index (χ3v) is 3.91. The Morgan fingerprint density at radius 1 is 1.13 bits per heavy atom. The zero-order valence-electron chi connectivity index (χ0n) is 13.2. The molecule has 0 fully saturated rings. The third-order valence-electron chi connectivity index (χ3n) is 3.91. The van der Waals surface area contributed by atoms with Gasteiger partial charge in [-0.1, -0.05) is 49.1 Å². The average molecular weight is 305 g/mol. The summed E-state index contributed by atoms with van der Waals surface area (Å²) < 4.78 is 5.52. The number of fused-ring (bicyclic) bond motifs is 1. The van der Waals surface area contributed by atoms with Crippen molar-refractivity contribution in [3.8, 4) is 5.75 Å². The molecule has 3 rings (SSSR count). The second-order valence-corrected chi connectivity index (χ2v) is 5.45. The molecule has 1 amide bonds. The van der Waals surface area contributed by atoms with Crippen LogP contribution in [-0.4, -0.2) is 24.5 Å². The Morgan fingerprint density at radius 2 is 1.91 bits per heavy atom. The Hall–Kier alpha value is -2.81. The normalized spacial score (nSPS) is 14.9. The minimum absolute atomic E-state index is 0.00312. The van der Waals surface area contributed by atoms with Crippen molar-refractivity contribution in [2.24, 2.45) is 0 Å². The van der Waals surface area contributed by atoms with Gasteiger partial charge >= 0.3 is 0 Å². The number of ether oxygens (including phenoxy) is 1. The minimum Gasteiger partial charge on any atom is -0.490 e. The number of hydrogen-bond acceptors (Lipinski definition) is 2. The van der Waals surface area contributed by atoms with Crippen LogP contribution in [0.4, 0.5) is 0 Å². The zero-order chi connectivity index (χ0) is 16.2. The molecule has 0 aromatic heterocycles. The van der Waals surface area contributed by atoms with Gasteiger partial charge in [-0.15, -0.1) is 0 Å². The SMILES string of the molecule is C=CCOc1ccc2c(c1)C(=O)N(C)/C2=C/Cc1ccccc1. The van der Waals surface area contributed by atoms with E-state index in [4.69, 9.17) is 4.74 Å². The number of benzene rings is 2. The van der Waals surface area contributed by atoms with Crippen LogP contribution in [0.2, 0.25) is 0 Å². The van der Waals surface area contributed by atoms with Crippen molar-refractivity contribution < 1.29 is 9.53 Å². The van der Waals surface area contributed by atoms with Crippen LogP contribution in [0.3, 0.4) is 0 Å². The highest BCUT2D eigenvalue weighted by Gasteiger charge is 2.29. The number of nitrogens with zero attached hydrogens (tertiary/aromatic N) is 1. The second kappa shape index (κ2) is 6.53. The van der Waals surface area contributed by atoms with Crippen LogP contribution in [-0.2, 0) is 6.42 Å². The van der Waals surface area contributed by atoms with E-state index in [0.717, 1.165) is 17.7 Å². The van der Waals surface area contributed by atoms with Crippen molar-refractivity contribution in [2.75, 3.05) is 13.7 Å². The summed E-state index contributed by atoms with van der Waals surface area (Å²) >= 11 is 0. The van der Waals surface area contributed by atoms with E-state index in [1.54, 1.807) is 17.0 Å². The van der Waals surface area contributed by atoms with Gasteiger partial charge in [0.15, 0.2) is 0 Å². The van der Waals surface area contributed by atoms with Gasteiger partial charge in [-0.2, -0.15) is 0 Å². The summed E-state index contributed by atoms with van der Waals surface area (Å²) in [7, 11) is 1.81. The maximum atomic E-state index is 12.5. The maximum Gasteiger partial charge on any atom is 0.258 e. The summed E-state index contributed by atoms with van der Waals surface area (Å²) in [5.74, 6) is 0.693. The van der Waals surface area contributed by atoms with E-state index in [1.165, 1.54) is 5.56 Å². The highest BCUT2D eigenvalue weighted by Crippen LogP contribution is 2.34. The molecule has 2 aromatic rings. The molecule has 1 aliphatic heterocycles. The molecule has 1 heterocycles. The van der Waals surface area contributed by atoms with E-state index in [9.17, 15) is 4.79 Å². The molecule has 0 N–H and O–H groups in total. The lowest BCUT2D eigenvalue weighted by atomic mass is 10.1. The monoisotopic (exact) mass is 305 g/mol. The number of allylic oxidation sites excluding steroid dienone is 1.